The van der Waals surface area contributed by atoms with E-state index in [1.165, 1.54) is 0 Å². The topological polar surface area (TPSA) is 73.6 Å². The van der Waals surface area contributed by atoms with Gasteiger partial charge in [-0.15, -0.1) is 0 Å². The first-order chi connectivity index (χ1) is 9.00. The van der Waals surface area contributed by atoms with Crippen molar-refractivity contribution in [2.24, 2.45) is 23.5 Å². The van der Waals surface area contributed by atoms with Crippen molar-refractivity contribution in [1.82, 2.24) is 5.32 Å². The molecule has 1 aliphatic carbocycles. The second-order valence-electron chi connectivity index (χ2n) is 6.33. The average molecular weight is 268 g/mol. The minimum Gasteiger partial charge on any atom is -0.376 e. The zero-order valence-electron chi connectivity index (χ0n) is 11.8. The van der Waals surface area contributed by atoms with Crippen LogP contribution in [0.1, 0.15) is 27.2 Å². The summed E-state index contributed by atoms with van der Waals surface area (Å²) < 4.78 is 11.4. The lowest BCUT2D eigenvalue weighted by atomic mass is 9.72. The van der Waals surface area contributed by atoms with Crippen molar-refractivity contribution in [1.29, 1.82) is 0 Å². The molecule has 2 aliphatic heterocycles. The van der Waals surface area contributed by atoms with Gasteiger partial charge >= 0.3 is 0 Å². The van der Waals surface area contributed by atoms with E-state index in [1.807, 2.05) is 13.8 Å². The van der Waals surface area contributed by atoms with Crippen LogP contribution in [0.25, 0.3) is 0 Å². The lowest BCUT2D eigenvalue weighted by molar-refractivity contribution is -0.131. The van der Waals surface area contributed by atoms with E-state index in [9.17, 15) is 4.79 Å². The van der Waals surface area contributed by atoms with Gasteiger partial charge in [0.15, 0.2) is 0 Å². The van der Waals surface area contributed by atoms with Crippen LogP contribution in [-0.4, -0.2) is 42.9 Å². The van der Waals surface area contributed by atoms with E-state index >= 15 is 0 Å². The summed E-state index contributed by atoms with van der Waals surface area (Å²) in [6, 6.07) is 0.0251. The van der Waals surface area contributed by atoms with Crippen LogP contribution in [0, 0.1) is 17.8 Å². The molecular weight excluding hydrogens is 244 g/mol. The van der Waals surface area contributed by atoms with Gasteiger partial charge in [-0.2, -0.15) is 0 Å². The highest BCUT2D eigenvalue weighted by atomic mass is 16.5. The fraction of sp³-hybridized carbons (Fsp3) is 0.929. The highest BCUT2D eigenvalue weighted by Gasteiger charge is 2.54. The molecule has 8 unspecified atom stereocenters. The monoisotopic (exact) mass is 268 g/mol. The molecule has 5 heteroatoms. The molecule has 0 aromatic rings. The van der Waals surface area contributed by atoms with Crippen LogP contribution >= 0.6 is 0 Å². The van der Waals surface area contributed by atoms with Crippen LogP contribution in [0.5, 0.6) is 0 Å². The predicted molar refractivity (Wildman–Crippen MR) is 70.4 cm³/mol. The summed E-state index contributed by atoms with van der Waals surface area (Å²) in [5, 5.41) is 3.09. The Labute approximate surface area is 114 Å². The number of hydrogen-bond acceptors (Lipinski definition) is 4. The summed E-state index contributed by atoms with van der Waals surface area (Å²) in [5.41, 5.74) is 6.13. The van der Waals surface area contributed by atoms with Gasteiger partial charge in [-0.25, -0.2) is 0 Å². The molecule has 0 bridgehead atoms. The first kappa shape index (κ1) is 13.3. The van der Waals surface area contributed by atoms with Crippen LogP contribution in [0.15, 0.2) is 0 Å². The van der Waals surface area contributed by atoms with Gasteiger partial charge in [0.2, 0.25) is 5.91 Å². The number of nitrogens with one attached hydrogen (secondary N) is 1. The molecule has 1 amide bonds. The van der Waals surface area contributed by atoms with Crippen molar-refractivity contribution in [2.45, 2.75) is 57.6 Å². The molecule has 19 heavy (non-hydrogen) atoms. The molecule has 8 atom stereocenters. The molecule has 0 radical (unpaired) electrons. The second kappa shape index (κ2) is 4.72. The Kier molecular flexibility index (Phi) is 3.31. The lowest BCUT2D eigenvalue weighted by Crippen LogP contribution is -2.69. The maximum absolute atomic E-state index is 12.4. The summed E-state index contributed by atoms with van der Waals surface area (Å²) in [5.74, 6) is 0.659. The summed E-state index contributed by atoms with van der Waals surface area (Å²) in [6.45, 7) is 6.85. The Balaban J connectivity index is 1.62. The van der Waals surface area contributed by atoms with Gasteiger partial charge in [0.1, 0.15) is 0 Å². The van der Waals surface area contributed by atoms with E-state index in [4.69, 9.17) is 15.2 Å². The van der Waals surface area contributed by atoms with Crippen molar-refractivity contribution in [3.63, 3.8) is 0 Å². The molecular formula is C14H24N2O3. The average Bonchev–Trinajstić information content (AvgIpc) is 2.89. The second-order valence-corrected chi connectivity index (χ2v) is 6.33. The van der Waals surface area contributed by atoms with Crippen molar-refractivity contribution >= 4 is 5.91 Å². The number of fused-ring (bicyclic) bond motifs is 1. The number of carbonyl (C=O) groups excluding carboxylic acids is 1. The van der Waals surface area contributed by atoms with Gasteiger partial charge < -0.3 is 20.5 Å². The number of hydrogen-bond donors (Lipinski definition) is 2. The number of amides is 1. The van der Waals surface area contributed by atoms with E-state index < -0.39 is 0 Å². The molecule has 108 valence electrons. The number of nitrogens with two attached hydrogens (primary N) is 1. The Bertz CT molecular complexity index is 376. The van der Waals surface area contributed by atoms with Crippen molar-refractivity contribution < 1.29 is 14.3 Å². The maximum Gasteiger partial charge on any atom is 0.226 e. The molecule has 0 spiro atoms. The molecule has 2 saturated heterocycles. The first-order valence-electron chi connectivity index (χ1n) is 7.33. The molecule has 3 fully saturated rings. The minimum atomic E-state index is -0.0809. The summed E-state index contributed by atoms with van der Waals surface area (Å²) in [6.07, 6.45) is 1.26. The third-order valence-corrected chi connectivity index (χ3v) is 5.30. The molecule has 2 heterocycles. The summed E-state index contributed by atoms with van der Waals surface area (Å²) >= 11 is 0. The fourth-order valence-corrected chi connectivity index (χ4v) is 3.91. The zero-order valence-corrected chi connectivity index (χ0v) is 11.8. The SMILES string of the molecule is CC1OC(C)C(C(=O)NC2C(N)C3CCOC32)C1C. The van der Waals surface area contributed by atoms with Gasteiger partial charge in [-0.05, 0) is 26.2 Å². The van der Waals surface area contributed by atoms with E-state index in [0.29, 0.717) is 5.92 Å². The van der Waals surface area contributed by atoms with Crippen LogP contribution in [0.2, 0.25) is 0 Å². The summed E-state index contributed by atoms with van der Waals surface area (Å²) in [7, 11) is 0. The molecule has 5 nitrogen and oxygen atoms in total. The molecule has 3 aliphatic rings. The normalized spacial score (nSPS) is 52.6. The third kappa shape index (κ3) is 1.99. The fourth-order valence-electron chi connectivity index (χ4n) is 3.91. The van der Waals surface area contributed by atoms with E-state index in [0.717, 1.165) is 13.0 Å². The van der Waals surface area contributed by atoms with Crippen molar-refractivity contribution in [2.75, 3.05) is 6.61 Å². The van der Waals surface area contributed by atoms with Crippen molar-refractivity contribution in [3.05, 3.63) is 0 Å². The van der Waals surface area contributed by atoms with Crippen LogP contribution in [-0.2, 0) is 14.3 Å². The van der Waals surface area contributed by atoms with Crippen LogP contribution in [0.3, 0.4) is 0 Å². The highest BCUT2D eigenvalue weighted by molar-refractivity contribution is 5.80. The zero-order chi connectivity index (χ0) is 13.7. The number of carbonyl (C=O) groups is 1. The Morgan fingerprint density at radius 3 is 2.63 bits per heavy atom. The van der Waals surface area contributed by atoms with Gasteiger partial charge in [-0.1, -0.05) is 6.92 Å². The van der Waals surface area contributed by atoms with Crippen molar-refractivity contribution in [3.8, 4) is 0 Å². The molecule has 0 aromatic carbocycles. The Hall–Kier alpha value is -0.650. The van der Waals surface area contributed by atoms with Gasteiger partial charge in [0, 0.05) is 18.6 Å². The van der Waals surface area contributed by atoms with E-state index in [2.05, 4.69) is 12.2 Å². The van der Waals surface area contributed by atoms with Crippen LogP contribution < -0.4 is 11.1 Å². The molecule has 3 N–H and O–H groups in total. The molecule has 3 rings (SSSR count). The third-order valence-electron chi connectivity index (χ3n) is 5.30. The largest absolute Gasteiger partial charge is 0.376 e. The van der Waals surface area contributed by atoms with Gasteiger partial charge in [0.25, 0.3) is 0 Å². The van der Waals surface area contributed by atoms with Gasteiger partial charge in [0.05, 0.1) is 30.3 Å². The predicted octanol–water partition coefficient (Wildman–Crippen LogP) is 0.277. The van der Waals surface area contributed by atoms with E-state index in [1.54, 1.807) is 0 Å². The van der Waals surface area contributed by atoms with Crippen LogP contribution in [0.4, 0.5) is 0 Å². The van der Waals surface area contributed by atoms with E-state index in [-0.39, 0.29) is 48.1 Å². The maximum atomic E-state index is 12.4. The lowest BCUT2D eigenvalue weighted by Gasteiger charge is -2.46. The molecule has 0 aromatic heterocycles. The van der Waals surface area contributed by atoms with Gasteiger partial charge in [-0.3, -0.25) is 4.79 Å². The number of ether oxygens (including phenoxy) is 2. The standard InChI is InChI=1S/C14H24N2O3/c1-6-7(2)19-8(3)10(6)14(17)16-12-11(15)9-4-5-18-13(9)12/h6-13H,4-5,15H2,1-3H3,(H,16,17). The highest BCUT2D eigenvalue weighted by Crippen LogP contribution is 2.39. The first-order valence-corrected chi connectivity index (χ1v) is 7.33. The Morgan fingerprint density at radius 1 is 1.26 bits per heavy atom. The quantitative estimate of drug-likeness (QED) is 0.754. The smallest absolute Gasteiger partial charge is 0.226 e. The number of rotatable bonds is 2. The Morgan fingerprint density at radius 2 is 2.00 bits per heavy atom. The minimum absolute atomic E-state index is 0.0182. The summed E-state index contributed by atoms with van der Waals surface area (Å²) in [4.78, 5) is 12.4. The molecule has 1 saturated carbocycles.